The number of nitrogens with zero attached hydrogens (tertiary/aromatic N) is 1. The summed E-state index contributed by atoms with van der Waals surface area (Å²) in [4.78, 5) is 16.8. The molecule has 0 unspecified atom stereocenters. The number of carbonyl (C=O) groups is 1. The van der Waals surface area contributed by atoms with Gasteiger partial charge in [-0.2, -0.15) is 0 Å². The van der Waals surface area contributed by atoms with Gasteiger partial charge in [0, 0.05) is 69.8 Å². The number of likely N-dealkylation sites (N-methyl/N-ethyl adjacent to an activating group) is 1. The Balaban J connectivity index is 0.000000810. The maximum absolute atomic E-state index is 11.3. The summed E-state index contributed by atoms with van der Waals surface area (Å²) in [5, 5.41) is 1.20. The zero-order chi connectivity index (χ0) is 11.3. The number of hydrogen-bond acceptors (Lipinski definition) is 2. The fraction of sp³-hybridized carbons (Fsp3) is 0.357. The van der Waals surface area contributed by atoms with Gasteiger partial charge in [0.15, 0.2) is 5.78 Å². The summed E-state index contributed by atoms with van der Waals surface area (Å²) in [5.74, 6) is 0.0938. The molecule has 4 heteroatoms. The van der Waals surface area contributed by atoms with Crippen molar-refractivity contribution in [2.45, 2.75) is 20.8 Å². The third-order valence-corrected chi connectivity index (χ3v) is 3.38. The predicted molar refractivity (Wildman–Crippen MR) is 72.0 cm³/mol. The molecule has 0 saturated carbocycles. The van der Waals surface area contributed by atoms with Gasteiger partial charge in [-0.1, -0.05) is 7.43 Å². The van der Waals surface area contributed by atoms with Crippen LogP contribution in [-0.2, 0) is 39.1 Å². The second-order valence-corrected chi connectivity index (χ2v) is 4.44. The summed E-state index contributed by atoms with van der Waals surface area (Å²) in [6.07, 6.45) is 1.07. The van der Waals surface area contributed by atoms with Crippen LogP contribution in [0.3, 0.4) is 0 Å². The average molecular weight is 319 g/mol. The van der Waals surface area contributed by atoms with Gasteiger partial charge in [-0.15, -0.1) is 0 Å². The molecule has 1 aliphatic rings. The van der Waals surface area contributed by atoms with Crippen molar-refractivity contribution in [2.75, 3.05) is 18.5 Å². The molecule has 1 N–H and O–H groups in total. The van der Waals surface area contributed by atoms with Crippen LogP contribution in [0.25, 0.3) is 10.9 Å². The number of Topliss-reactive ketones (excluding diaryl/α,β-unsaturated/α-hetero) is 1. The van der Waals surface area contributed by atoms with E-state index in [-0.39, 0.29) is 45.9 Å². The minimum absolute atomic E-state index is 0. The Labute approximate surface area is 133 Å². The molecule has 93 valence electrons. The van der Waals surface area contributed by atoms with Crippen LogP contribution in [0.1, 0.15) is 30.4 Å². The summed E-state index contributed by atoms with van der Waals surface area (Å²) in [7, 11) is 2.11. The Morgan fingerprint density at radius 3 is 2.78 bits per heavy atom. The van der Waals surface area contributed by atoms with E-state index in [4.69, 9.17) is 0 Å². The number of H-pyrrole nitrogens is 1. The molecule has 2 aromatic rings. The second-order valence-electron chi connectivity index (χ2n) is 4.44. The number of nitrogens with one attached hydrogen (secondary N) is 1. The van der Waals surface area contributed by atoms with E-state index in [9.17, 15) is 4.79 Å². The van der Waals surface area contributed by atoms with Crippen LogP contribution in [0.4, 0.5) is 5.69 Å². The second kappa shape index (κ2) is 5.54. The van der Waals surface area contributed by atoms with Gasteiger partial charge < -0.3 is 9.88 Å². The number of hydrogen-bond donors (Lipinski definition) is 1. The molecule has 0 amide bonds. The van der Waals surface area contributed by atoms with E-state index in [1.54, 1.807) is 6.92 Å². The minimum atomic E-state index is 0. The molecule has 3 rings (SSSR count). The minimum Gasteiger partial charge on any atom is -0.374 e. The molecule has 2 heterocycles. The van der Waals surface area contributed by atoms with Crippen molar-refractivity contribution < 1.29 is 37.5 Å². The molecule has 1 aromatic carbocycles. The molecule has 3 nitrogen and oxygen atoms in total. The molecule has 18 heavy (non-hydrogen) atoms. The SMILES string of the molecule is C.CC(=O)c1cc2c3c(ccc2[nH]1)N(C)CC3.[Y]. The van der Waals surface area contributed by atoms with Crippen molar-refractivity contribution in [3.05, 3.63) is 29.5 Å². The summed E-state index contributed by atoms with van der Waals surface area (Å²) in [6.45, 7) is 2.66. The first-order valence-electron chi connectivity index (χ1n) is 5.53. The number of fused-ring (bicyclic) bond motifs is 3. The van der Waals surface area contributed by atoms with E-state index >= 15 is 0 Å². The number of rotatable bonds is 1. The number of anilines is 1. The van der Waals surface area contributed by atoms with Gasteiger partial charge in [-0.05, 0) is 30.2 Å². The first-order valence-corrected chi connectivity index (χ1v) is 5.53. The van der Waals surface area contributed by atoms with Gasteiger partial charge >= 0.3 is 0 Å². The van der Waals surface area contributed by atoms with E-state index in [0.29, 0.717) is 5.69 Å². The van der Waals surface area contributed by atoms with Gasteiger partial charge in [0.25, 0.3) is 0 Å². The Bertz CT molecular complexity index is 589. The van der Waals surface area contributed by atoms with Crippen LogP contribution in [0.2, 0.25) is 0 Å². The Morgan fingerprint density at radius 2 is 2.11 bits per heavy atom. The van der Waals surface area contributed by atoms with Crippen LogP contribution in [0.15, 0.2) is 18.2 Å². The molecule has 0 aliphatic carbocycles. The quantitative estimate of drug-likeness (QED) is 0.820. The summed E-state index contributed by atoms with van der Waals surface area (Å²) in [6, 6.07) is 6.17. The van der Waals surface area contributed by atoms with E-state index in [1.807, 2.05) is 6.07 Å². The number of carbonyl (C=O) groups excluding carboxylic acids is 1. The first-order chi connectivity index (χ1) is 7.66. The fourth-order valence-electron chi connectivity index (χ4n) is 2.46. The molecule has 1 aromatic heterocycles. The maximum Gasteiger partial charge on any atom is 0.175 e. The zero-order valence-electron chi connectivity index (χ0n) is 10.1. The largest absolute Gasteiger partial charge is 0.374 e. The smallest absolute Gasteiger partial charge is 0.175 e. The van der Waals surface area contributed by atoms with E-state index in [2.05, 4.69) is 29.1 Å². The molecular weight excluding hydrogens is 301 g/mol. The average Bonchev–Trinajstić information content (AvgIpc) is 2.81. The standard InChI is InChI=1S/C13H14N2O.CH4.Y/c1-8(16)12-7-10-9-5-6-15(2)13(9)4-3-11(10)14-12;;/h3-4,7,14H,5-6H2,1-2H3;1H4;. The monoisotopic (exact) mass is 319 g/mol. The molecule has 0 bridgehead atoms. The predicted octanol–water partition coefficient (Wildman–Crippen LogP) is 3.00. The molecule has 1 radical (unpaired) electrons. The van der Waals surface area contributed by atoms with Crippen LogP contribution in [-0.4, -0.2) is 24.4 Å². The molecular formula is C14H18N2OY. The van der Waals surface area contributed by atoms with E-state index < -0.39 is 0 Å². The molecule has 0 fully saturated rings. The number of aromatic nitrogens is 1. The third kappa shape index (κ3) is 2.26. The molecule has 0 saturated heterocycles. The van der Waals surface area contributed by atoms with Crippen molar-refractivity contribution in [3.63, 3.8) is 0 Å². The van der Waals surface area contributed by atoms with E-state index in [1.165, 1.54) is 16.6 Å². The normalized spacial score (nSPS) is 12.9. The van der Waals surface area contributed by atoms with Gasteiger partial charge in [-0.25, -0.2) is 0 Å². The van der Waals surface area contributed by atoms with Crippen LogP contribution in [0.5, 0.6) is 0 Å². The maximum atomic E-state index is 11.3. The van der Waals surface area contributed by atoms with Crippen LogP contribution >= 0.6 is 0 Å². The molecule has 0 atom stereocenters. The summed E-state index contributed by atoms with van der Waals surface area (Å²) >= 11 is 0. The summed E-state index contributed by atoms with van der Waals surface area (Å²) in [5.41, 5.74) is 4.43. The number of aromatic amines is 1. The molecule has 0 spiro atoms. The van der Waals surface area contributed by atoms with Crippen LogP contribution in [0, 0.1) is 0 Å². The summed E-state index contributed by atoms with van der Waals surface area (Å²) < 4.78 is 0. The van der Waals surface area contributed by atoms with Crippen molar-refractivity contribution in [1.29, 1.82) is 0 Å². The van der Waals surface area contributed by atoms with Crippen molar-refractivity contribution in [2.24, 2.45) is 0 Å². The van der Waals surface area contributed by atoms with Crippen molar-refractivity contribution in [3.8, 4) is 0 Å². The van der Waals surface area contributed by atoms with Gasteiger partial charge in [0.05, 0.1) is 5.69 Å². The third-order valence-electron chi connectivity index (χ3n) is 3.38. The van der Waals surface area contributed by atoms with Gasteiger partial charge in [-0.3, -0.25) is 4.79 Å². The Morgan fingerprint density at radius 1 is 1.39 bits per heavy atom. The zero-order valence-corrected chi connectivity index (χ0v) is 12.9. The van der Waals surface area contributed by atoms with E-state index in [0.717, 1.165) is 18.5 Å². The van der Waals surface area contributed by atoms with Gasteiger partial charge in [0.1, 0.15) is 0 Å². The number of benzene rings is 1. The molecule has 1 aliphatic heterocycles. The number of ketones is 1. The topological polar surface area (TPSA) is 36.1 Å². The van der Waals surface area contributed by atoms with Crippen LogP contribution < -0.4 is 4.90 Å². The first kappa shape index (κ1) is 15.4. The van der Waals surface area contributed by atoms with Crippen molar-refractivity contribution in [1.82, 2.24) is 4.98 Å². The fourth-order valence-corrected chi connectivity index (χ4v) is 2.46. The van der Waals surface area contributed by atoms with Gasteiger partial charge in [0.2, 0.25) is 0 Å². The van der Waals surface area contributed by atoms with Crippen molar-refractivity contribution >= 4 is 22.4 Å². The Hall–Kier alpha value is -0.666. The Kier molecular flexibility index (Phi) is 4.74.